The highest BCUT2D eigenvalue weighted by molar-refractivity contribution is 5.97. The quantitative estimate of drug-likeness (QED) is 0.284. The molecule has 0 saturated carbocycles. The van der Waals surface area contributed by atoms with Gasteiger partial charge in [0.05, 0.1) is 22.8 Å². The van der Waals surface area contributed by atoms with Crippen LogP contribution in [0.1, 0.15) is 57.1 Å². The van der Waals surface area contributed by atoms with Gasteiger partial charge in [-0.15, -0.1) is 0 Å². The van der Waals surface area contributed by atoms with Crippen molar-refractivity contribution in [2.75, 3.05) is 30.3 Å². The third-order valence-electron chi connectivity index (χ3n) is 10.9. The molecule has 4 saturated heterocycles. The van der Waals surface area contributed by atoms with Gasteiger partial charge < -0.3 is 25.4 Å². The van der Waals surface area contributed by atoms with Crippen molar-refractivity contribution >= 4 is 22.4 Å². The number of aromatic nitrogens is 3. The van der Waals surface area contributed by atoms with Crippen LogP contribution in [0, 0.1) is 18.6 Å². The lowest BCUT2D eigenvalue weighted by Gasteiger charge is -2.42. The Balaban J connectivity index is 1.33. The summed E-state index contributed by atoms with van der Waals surface area (Å²) in [6.45, 7) is 5.69. The Morgan fingerprint density at radius 2 is 1.89 bits per heavy atom. The van der Waals surface area contributed by atoms with Gasteiger partial charge in [-0.3, -0.25) is 4.90 Å². The van der Waals surface area contributed by atoms with Crippen molar-refractivity contribution in [2.24, 2.45) is 0 Å². The normalized spacial score (nSPS) is 31.6. The molecule has 2 bridgehead atoms. The second-order valence-corrected chi connectivity index (χ2v) is 13.8. The van der Waals surface area contributed by atoms with Crippen molar-refractivity contribution < 1.29 is 35.8 Å². The minimum absolute atomic E-state index is 0.0144. The molecule has 5 aliphatic rings. The van der Waals surface area contributed by atoms with Crippen LogP contribution < -0.4 is 25.4 Å². The minimum atomic E-state index is -5.06. The van der Waals surface area contributed by atoms with E-state index in [0.717, 1.165) is 32.3 Å². The zero-order chi connectivity index (χ0) is 33.2. The summed E-state index contributed by atoms with van der Waals surface area (Å²) in [5.41, 5.74) is 0.619. The Hall–Kier alpha value is -3.59. The number of ether oxygens (including phenoxy) is 2. The Morgan fingerprint density at radius 1 is 1.11 bits per heavy atom. The maximum Gasteiger partial charge on any atom is 0.417 e. The maximum atomic E-state index is 16.8. The van der Waals surface area contributed by atoms with Gasteiger partial charge in [-0.05, 0) is 58.1 Å². The van der Waals surface area contributed by atoms with E-state index in [1.807, 2.05) is 18.7 Å². The van der Waals surface area contributed by atoms with Crippen LogP contribution >= 0.6 is 0 Å². The van der Waals surface area contributed by atoms with Crippen LogP contribution in [0.25, 0.3) is 22.2 Å². The molecule has 0 radical (unpaired) electrons. The van der Waals surface area contributed by atoms with Crippen LogP contribution in [-0.4, -0.2) is 81.5 Å². The van der Waals surface area contributed by atoms with Crippen molar-refractivity contribution in [3.8, 4) is 23.1 Å². The monoisotopic (exact) mass is 663 g/mol. The zero-order valence-electron chi connectivity index (χ0n) is 26.1. The second kappa shape index (κ2) is 10.5. The van der Waals surface area contributed by atoms with Gasteiger partial charge in [-0.2, -0.15) is 23.1 Å². The van der Waals surface area contributed by atoms with Gasteiger partial charge in [-0.25, -0.2) is 18.2 Å². The molecule has 9 nitrogen and oxygen atoms in total. The number of nitrogens with two attached hydrogens (primary N) is 1. The number of fused-ring (bicyclic) bond motifs is 6. The van der Waals surface area contributed by atoms with E-state index >= 15 is 4.39 Å². The SMILES string of the molecule is Cc1c(F)c(N)cc(-c2nc3c4c(nc(OC[C@@]56CCC(C)N5C[C@H](F)C6)nc4c2F)N2C[C@H]4CC[C@H](N4)[C@H]2[C@H](C)O3)c1C(F)(F)F. The summed E-state index contributed by atoms with van der Waals surface area (Å²) in [6, 6.07) is 0.616. The lowest BCUT2D eigenvalue weighted by atomic mass is 9.95. The van der Waals surface area contributed by atoms with Crippen LogP contribution in [0.2, 0.25) is 0 Å². The average molecular weight is 664 g/mol. The summed E-state index contributed by atoms with van der Waals surface area (Å²) in [6.07, 6.45) is -2.95. The molecule has 4 fully saturated rings. The minimum Gasteiger partial charge on any atom is -0.472 e. The van der Waals surface area contributed by atoms with Crippen LogP contribution in [0.15, 0.2) is 6.07 Å². The van der Waals surface area contributed by atoms with E-state index in [2.05, 4.69) is 20.2 Å². The first-order valence-electron chi connectivity index (χ1n) is 16.1. The van der Waals surface area contributed by atoms with Crippen molar-refractivity contribution in [1.82, 2.24) is 25.2 Å². The smallest absolute Gasteiger partial charge is 0.417 e. The third kappa shape index (κ3) is 4.62. The predicted molar refractivity (Wildman–Crippen MR) is 161 cm³/mol. The molecule has 0 amide bonds. The molecule has 1 unspecified atom stereocenters. The number of rotatable bonds is 4. The number of hydrogen-bond acceptors (Lipinski definition) is 9. The molecule has 1 aromatic carbocycles. The first-order valence-corrected chi connectivity index (χ1v) is 16.1. The van der Waals surface area contributed by atoms with Crippen LogP contribution in [0.4, 0.5) is 37.8 Å². The van der Waals surface area contributed by atoms with Gasteiger partial charge in [0.15, 0.2) is 5.82 Å². The van der Waals surface area contributed by atoms with E-state index in [9.17, 15) is 22.0 Å². The van der Waals surface area contributed by atoms with E-state index in [0.29, 0.717) is 25.3 Å². The van der Waals surface area contributed by atoms with E-state index in [-0.39, 0.29) is 60.0 Å². The number of nitrogens with one attached hydrogen (secondary N) is 1. The summed E-state index contributed by atoms with van der Waals surface area (Å²) < 4.78 is 102. The topological polar surface area (TPSA) is 102 Å². The highest BCUT2D eigenvalue weighted by atomic mass is 19.4. The van der Waals surface area contributed by atoms with Crippen molar-refractivity contribution in [2.45, 2.75) is 101 Å². The Morgan fingerprint density at radius 3 is 2.66 bits per heavy atom. The molecular formula is C32H35F6N7O2. The number of anilines is 2. The molecular weight excluding hydrogens is 628 g/mol. The standard InChI is InChI=1S/C32H35F6N7O2/c1-13-6-7-31(9-16(33)10-45(13)31)12-46-30-42-26-21-28(43-30)44-11-17-4-5-20(40-17)27(44)15(3)47-29(21)41-25(24(26)35)18-8-19(39)23(34)14(2)22(18)32(36,37)38/h8,13,15-17,20,27,40H,4-7,9-12,39H2,1-3H3/t13?,15-,16+,17+,20-,27+,31-/m0/s1. The fourth-order valence-electron chi connectivity index (χ4n) is 8.85. The van der Waals surface area contributed by atoms with Gasteiger partial charge in [-0.1, -0.05) is 0 Å². The highest BCUT2D eigenvalue weighted by Gasteiger charge is 2.53. The van der Waals surface area contributed by atoms with Crippen molar-refractivity contribution in [1.29, 1.82) is 0 Å². The van der Waals surface area contributed by atoms with Gasteiger partial charge in [0.2, 0.25) is 5.88 Å². The van der Waals surface area contributed by atoms with Gasteiger partial charge in [0.1, 0.15) is 47.1 Å². The fraction of sp³-hybridized carbons (Fsp3) is 0.594. The number of piperazine rings is 1. The Kier molecular flexibility index (Phi) is 6.83. The average Bonchev–Trinajstić information content (AvgIpc) is 3.62. The van der Waals surface area contributed by atoms with Crippen LogP contribution in [0.3, 0.4) is 0 Å². The summed E-state index contributed by atoms with van der Waals surface area (Å²) in [5, 5.41) is 3.71. The number of hydrogen-bond donors (Lipinski definition) is 2. The Bertz CT molecular complexity index is 1790. The van der Waals surface area contributed by atoms with Crippen molar-refractivity contribution in [3.63, 3.8) is 0 Å². The van der Waals surface area contributed by atoms with Gasteiger partial charge in [0.25, 0.3) is 0 Å². The van der Waals surface area contributed by atoms with Gasteiger partial charge in [0, 0.05) is 43.2 Å². The molecule has 15 heteroatoms. The number of halogens is 6. The molecule has 0 aliphatic carbocycles. The van der Waals surface area contributed by atoms with E-state index in [4.69, 9.17) is 20.2 Å². The second-order valence-electron chi connectivity index (χ2n) is 13.8. The third-order valence-corrected chi connectivity index (χ3v) is 10.9. The molecule has 5 aliphatic heterocycles. The van der Waals surface area contributed by atoms with E-state index < -0.39 is 63.7 Å². The predicted octanol–water partition coefficient (Wildman–Crippen LogP) is 5.31. The van der Waals surface area contributed by atoms with Crippen LogP contribution in [0.5, 0.6) is 11.9 Å². The number of alkyl halides is 4. The molecule has 0 spiro atoms. The van der Waals surface area contributed by atoms with E-state index in [1.54, 1.807) is 0 Å². The number of pyridine rings is 1. The summed E-state index contributed by atoms with van der Waals surface area (Å²) >= 11 is 0. The number of nitrogens with zero attached hydrogens (tertiary/aromatic N) is 5. The molecule has 7 heterocycles. The van der Waals surface area contributed by atoms with Gasteiger partial charge >= 0.3 is 12.2 Å². The summed E-state index contributed by atoms with van der Waals surface area (Å²) in [5.74, 6) is -2.27. The maximum absolute atomic E-state index is 16.8. The molecule has 252 valence electrons. The first-order chi connectivity index (χ1) is 22.3. The van der Waals surface area contributed by atoms with Crippen molar-refractivity contribution in [3.05, 3.63) is 28.8 Å². The molecule has 3 N–H and O–H groups in total. The molecule has 3 aromatic rings. The van der Waals surface area contributed by atoms with Crippen LogP contribution in [-0.2, 0) is 6.18 Å². The first kappa shape index (κ1) is 30.7. The lowest BCUT2D eigenvalue weighted by molar-refractivity contribution is -0.137. The zero-order valence-corrected chi connectivity index (χ0v) is 26.1. The number of benzene rings is 1. The molecule has 2 aromatic heterocycles. The lowest BCUT2D eigenvalue weighted by Crippen LogP contribution is -2.62. The largest absolute Gasteiger partial charge is 0.472 e. The molecule has 8 rings (SSSR count). The summed E-state index contributed by atoms with van der Waals surface area (Å²) in [7, 11) is 0. The highest BCUT2D eigenvalue weighted by Crippen LogP contribution is 2.48. The fourth-order valence-corrected chi connectivity index (χ4v) is 8.85. The molecule has 47 heavy (non-hydrogen) atoms. The Labute approximate surface area is 266 Å². The summed E-state index contributed by atoms with van der Waals surface area (Å²) in [4.78, 5) is 17.7. The number of nitrogen functional groups attached to an aromatic ring is 1. The van der Waals surface area contributed by atoms with E-state index in [1.165, 1.54) is 0 Å². The molecule has 7 atom stereocenters.